The van der Waals surface area contributed by atoms with Crippen molar-refractivity contribution in [1.29, 1.82) is 0 Å². The van der Waals surface area contributed by atoms with E-state index >= 15 is 0 Å². The van der Waals surface area contributed by atoms with Crippen molar-refractivity contribution in [2.75, 3.05) is 13.6 Å². The van der Waals surface area contributed by atoms with Gasteiger partial charge in [0.1, 0.15) is 11.5 Å². The molecule has 1 aromatic heterocycles. The highest BCUT2D eigenvalue weighted by molar-refractivity contribution is 6.33. The van der Waals surface area contributed by atoms with Gasteiger partial charge >= 0.3 is 0 Å². The summed E-state index contributed by atoms with van der Waals surface area (Å²) in [4.78, 5) is 14.2. The lowest BCUT2D eigenvalue weighted by atomic mass is 10.1. The molecule has 4 heteroatoms. The summed E-state index contributed by atoms with van der Waals surface area (Å²) < 4.78 is 5.52. The van der Waals surface area contributed by atoms with Crippen molar-refractivity contribution in [2.24, 2.45) is 0 Å². The topological polar surface area (TPSA) is 33.5 Å². The number of benzene rings is 1. The van der Waals surface area contributed by atoms with E-state index in [1.807, 2.05) is 38.2 Å². The number of aryl methyl sites for hydroxylation is 1. The van der Waals surface area contributed by atoms with E-state index in [0.717, 1.165) is 11.5 Å². The normalized spacial score (nSPS) is 11.0. The van der Waals surface area contributed by atoms with Gasteiger partial charge in [-0.05, 0) is 38.2 Å². The fourth-order valence-electron chi connectivity index (χ4n) is 2.03. The molecule has 0 aliphatic heterocycles. The monoisotopic (exact) mass is 291 g/mol. The van der Waals surface area contributed by atoms with Gasteiger partial charge in [-0.3, -0.25) is 9.69 Å². The molecule has 0 bridgehead atoms. The number of nitrogens with zero attached hydrogens (tertiary/aromatic N) is 1. The van der Waals surface area contributed by atoms with Gasteiger partial charge in [0.15, 0.2) is 5.78 Å². The summed E-state index contributed by atoms with van der Waals surface area (Å²) in [5.41, 5.74) is 0.594. The van der Waals surface area contributed by atoms with Crippen molar-refractivity contribution >= 4 is 17.4 Å². The van der Waals surface area contributed by atoms with E-state index < -0.39 is 0 Å². The van der Waals surface area contributed by atoms with Crippen molar-refractivity contribution in [3.63, 3.8) is 0 Å². The molecule has 1 heterocycles. The highest BCUT2D eigenvalue weighted by atomic mass is 35.5. The second kappa shape index (κ2) is 6.73. The molecule has 0 aliphatic carbocycles. The maximum atomic E-state index is 12.1. The Kier molecular flexibility index (Phi) is 4.99. The predicted molar refractivity (Wildman–Crippen MR) is 80.2 cm³/mol. The third-order valence-electron chi connectivity index (χ3n) is 3.12. The van der Waals surface area contributed by atoms with Crippen LogP contribution in [0.2, 0.25) is 5.02 Å². The number of furan rings is 1. The van der Waals surface area contributed by atoms with E-state index in [1.165, 1.54) is 0 Å². The summed E-state index contributed by atoms with van der Waals surface area (Å²) in [5.74, 6) is 1.88. The van der Waals surface area contributed by atoms with E-state index in [2.05, 4.69) is 4.90 Å². The third kappa shape index (κ3) is 3.95. The minimum Gasteiger partial charge on any atom is -0.465 e. The largest absolute Gasteiger partial charge is 0.465 e. The number of halogens is 1. The van der Waals surface area contributed by atoms with E-state index in [9.17, 15) is 4.79 Å². The molecule has 20 heavy (non-hydrogen) atoms. The molecule has 0 saturated heterocycles. The van der Waals surface area contributed by atoms with Crippen molar-refractivity contribution in [3.8, 4) is 0 Å². The molecule has 0 N–H and O–H groups in total. The maximum Gasteiger partial charge on any atom is 0.165 e. The first-order valence-corrected chi connectivity index (χ1v) is 6.95. The number of ketones is 1. The van der Waals surface area contributed by atoms with Gasteiger partial charge in [0.2, 0.25) is 0 Å². The average molecular weight is 292 g/mol. The molecule has 0 aliphatic rings. The lowest BCUT2D eigenvalue weighted by Crippen LogP contribution is -2.21. The standard InChI is InChI=1S/C16H18ClNO2/c1-12-7-8-13(20-12)11-18(2)10-9-16(19)14-5-3-4-6-15(14)17/h3-8H,9-11H2,1-2H3. The van der Waals surface area contributed by atoms with Gasteiger partial charge in [0, 0.05) is 18.5 Å². The number of hydrogen-bond donors (Lipinski definition) is 0. The van der Waals surface area contributed by atoms with Crippen LogP contribution in [0.1, 0.15) is 28.3 Å². The van der Waals surface area contributed by atoms with Crippen molar-refractivity contribution in [3.05, 3.63) is 58.5 Å². The van der Waals surface area contributed by atoms with E-state index in [4.69, 9.17) is 16.0 Å². The summed E-state index contributed by atoms with van der Waals surface area (Å²) in [5, 5.41) is 0.516. The van der Waals surface area contributed by atoms with Gasteiger partial charge in [0.05, 0.1) is 11.6 Å². The molecule has 2 rings (SSSR count). The summed E-state index contributed by atoms with van der Waals surface area (Å²) in [6, 6.07) is 11.1. The van der Waals surface area contributed by atoms with Crippen molar-refractivity contribution in [2.45, 2.75) is 19.9 Å². The minimum absolute atomic E-state index is 0.0677. The molecule has 106 valence electrons. The molecule has 0 unspecified atom stereocenters. The third-order valence-corrected chi connectivity index (χ3v) is 3.45. The average Bonchev–Trinajstić information content (AvgIpc) is 2.82. The van der Waals surface area contributed by atoms with Gasteiger partial charge in [-0.15, -0.1) is 0 Å². The van der Waals surface area contributed by atoms with E-state index in [-0.39, 0.29) is 5.78 Å². The van der Waals surface area contributed by atoms with Crippen LogP contribution < -0.4 is 0 Å². The Balaban J connectivity index is 1.85. The van der Waals surface area contributed by atoms with Crippen molar-refractivity contribution < 1.29 is 9.21 Å². The molecule has 0 atom stereocenters. The Bertz CT molecular complexity index is 592. The van der Waals surface area contributed by atoms with Gasteiger partial charge in [-0.25, -0.2) is 0 Å². The zero-order valence-electron chi connectivity index (χ0n) is 11.7. The Morgan fingerprint density at radius 1 is 1.25 bits per heavy atom. The maximum absolute atomic E-state index is 12.1. The molecule has 0 saturated carbocycles. The molecule has 0 spiro atoms. The molecular weight excluding hydrogens is 274 g/mol. The fourth-order valence-corrected chi connectivity index (χ4v) is 2.27. The van der Waals surface area contributed by atoms with Crippen LogP contribution in [0.25, 0.3) is 0 Å². The SMILES string of the molecule is Cc1ccc(CN(C)CCC(=O)c2ccccc2Cl)o1. The molecular formula is C16H18ClNO2. The van der Waals surface area contributed by atoms with Crippen LogP contribution in [0.5, 0.6) is 0 Å². The second-order valence-electron chi connectivity index (χ2n) is 4.90. The smallest absolute Gasteiger partial charge is 0.165 e. The van der Waals surface area contributed by atoms with Crippen LogP contribution in [0.4, 0.5) is 0 Å². The van der Waals surface area contributed by atoms with Crippen LogP contribution in [0, 0.1) is 6.92 Å². The molecule has 1 aromatic carbocycles. The van der Waals surface area contributed by atoms with Crippen LogP contribution in [-0.2, 0) is 6.54 Å². The molecule has 0 radical (unpaired) electrons. The highest BCUT2D eigenvalue weighted by Crippen LogP contribution is 2.17. The first kappa shape index (κ1) is 14.8. The number of rotatable bonds is 6. The summed E-state index contributed by atoms with van der Waals surface area (Å²) in [6.07, 6.45) is 0.444. The summed E-state index contributed by atoms with van der Waals surface area (Å²) in [6.45, 7) is 3.29. The summed E-state index contributed by atoms with van der Waals surface area (Å²) in [7, 11) is 1.97. The number of hydrogen-bond acceptors (Lipinski definition) is 3. The zero-order valence-corrected chi connectivity index (χ0v) is 12.5. The van der Waals surface area contributed by atoms with Gasteiger partial charge in [-0.2, -0.15) is 0 Å². The molecule has 0 fully saturated rings. The van der Waals surface area contributed by atoms with E-state index in [0.29, 0.717) is 30.1 Å². The Hall–Kier alpha value is -1.58. The molecule has 2 aromatic rings. The van der Waals surface area contributed by atoms with E-state index in [1.54, 1.807) is 12.1 Å². The zero-order chi connectivity index (χ0) is 14.5. The number of carbonyl (C=O) groups excluding carboxylic acids is 1. The first-order chi connectivity index (χ1) is 9.56. The molecule has 3 nitrogen and oxygen atoms in total. The Morgan fingerprint density at radius 3 is 2.65 bits per heavy atom. The van der Waals surface area contributed by atoms with Gasteiger partial charge in [0.25, 0.3) is 0 Å². The van der Waals surface area contributed by atoms with Gasteiger partial charge < -0.3 is 4.42 Å². The minimum atomic E-state index is 0.0677. The predicted octanol–water partition coefficient (Wildman–Crippen LogP) is 3.95. The van der Waals surface area contributed by atoms with Crippen LogP contribution in [-0.4, -0.2) is 24.3 Å². The van der Waals surface area contributed by atoms with Crippen LogP contribution >= 0.6 is 11.6 Å². The summed E-state index contributed by atoms with van der Waals surface area (Å²) >= 11 is 6.02. The number of Topliss-reactive ketones (excluding diaryl/α,β-unsaturated/α-hetero) is 1. The van der Waals surface area contributed by atoms with Gasteiger partial charge in [-0.1, -0.05) is 23.7 Å². The Labute approximate surface area is 124 Å². The van der Waals surface area contributed by atoms with Crippen LogP contribution in [0.15, 0.2) is 40.8 Å². The quantitative estimate of drug-likeness (QED) is 0.756. The molecule has 0 amide bonds. The lowest BCUT2D eigenvalue weighted by molar-refractivity contribution is 0.0966. The lowest BCUT2D eigenvalue weighted by Gasteiger charge is -2.14. The number of carbonyl (C=O) groups is 1. The highest BCUT2D eigenvalue weighted by Gasteiger charge is 2.11. The first-order valence-electron chi connectivity index (χ1n) is 6.58. The Morgan fingerprint density at radius 2 is 2.00 bits per heavy atom. The second-order valence-corrected chi connectivity index (χ2v) is 5.31. The fraction of sp³-hybridized carbons (Fsp3) is 0.312. The van der Waals surface area contributed by atoms with Crippen LogP contribution in [0.3, 0.4) is 0 Å². The van der Waals surface area contributed by atoms with Crippen molar-refractivity contribution in [1.82, 2.24) is 4.90 Å².